The van der Waals surface area contributed by atoms with Crippen LogP contribution in [-0.4, -0.2) is 21.0 Å². The van der Waals surface area contributed by atoms with Crippen molar-refractivity contribution in [2.75, 3.05) is 5.32 Å². The minimum absolute atomic E-state index is 0.223. The Morgan fingerprint density at radius 2 is 2.00 bits per heavy atom. The van der Waals surface area contributed by atoms with E-state index in [1.165, 1.54) is 11.3 Å². The lowest BCUT2D eigenvalue weighted by molar-refractivity contribution is 0.175. The first-order valence-corrected chi connectivity index (χ1v) is 8.42. The Balaban J connectivity index is 1.46. The highest BCUT2D eigenvalue weighted by Crippen LogP contribution is 2.39. The van der Waals surface area contributed by atoms with Crippen molar-refractivity contribution in [2.45, 2.75) is 44.1 Å². The molecule has 0 aromatic carbocycles. The lowest BCUT2D eigenvalue weighted by Gasteiger charge is -2.40. The zero-order valence-corrected chi connectivity index (χ0v) is 12.9. The van der Waals surface area contributed by atoms with E-state index in [1.807, 2.05) is 0 Å². The molecule has 2 aromatic rings. The molecule has 4 rings (SSSR count). The van der Waals surface area contributed by atoms with E-state index < -0.39 is 5.54 Å². The van der Waals surface area contributed by atoms with Gasteiger partial charge in [-0.25, -0.2) is 19.7 Å². The molecule has 0 saturated heterocycles. The van der Waals surface area contributed by atoms with Crippen molar-refractivity contribution in [1.82, 2.24) is 20.3 Å². The molecule has 1 fully saturated rings. The molecule has 0 bridgehead atoms. The van der Waals surface area contributed by atoms with Gasteiger partial charge in [-0.2, -0.15) is 0 Å². The van der Waals surface area contributed by atoms with E-state index in [0.717, 1.165) is 37.8 Å². The predicted octanol–water partition coefficient (Wildman–Crippen LogP) is 2.62. The van der Waals surface area contributed by atoms with Crippen molar-refractivity contribution in [2.24, 2.45) is 0 Å². The van der Waals surface area contributed by atoms with E-state index in [1.54, 1.807) is 29.8 Å². The van der Waals surface area contributed by atoms with Gasteiger partial charge in [0.2, 0.25) is 0 Å². The summed E-state index contributed by atoms with van der Waals surface area (Å²) in [5.74, 6) is 0.693. The van der Waals surface area contributed by atoms with Crippen LogP contribution in [0.15, 0.2) is 18.5 Å². The van der Waals surface area contributed by atoms with Crippen LogP contribution in [-0.2, 0) is 18.4 Å². The van der Waals surface area contributed by atoms with Crippen molar-refractivity contribution < 1.29 is 4.79 Å². The SMILES string of the molecule is O=C(Nc1nc2c(s1)CCC2)NC1(c2ncccn2)CCC1. The van der Waals surface area contributed by atoms with Crippen LogP contribution < -0.4 is 10.6 Å². The molecule has 1 saturated carbocycles. The van der Waals surface area contributed by atoms with Crippen molar-refractivity contribution >= 4 is 22.5 Å². The Kier molecular flexibility index (Phi) is 3.29. The summed E-state index contributed by atoms with van der Waals surface area (Å²) in [6.45, 7) is 0. The summed E-state index contributed by atoms with van der Waals surface area (Å²) in [6, 6.07) is 1.56. The molecular weight excluding hydrogens is 298 g/mol. The number of carbonyl (C=O) groups excluding carboxylic acids is 1. The third-order valence-corrected chi connectivity index (χ3v) is 5.44. The number of hydrogen-bond acceptors (Lipinski definition) is 5. The van der Waals surface area contributed by atoms with Gasteiger partial charge in [-0.1, -0.05) is 0 Å². The van der Waals surface area contributed by atoms with Gasteiger partial charge in [-0.15, -0.1) is 11.3 Å². The number of nitrogens with zero attached hydrogens (tertiary/aromatic N) is 3. The third kappa shape index (κ3) is 2.35. The van der Waals surface area contributed by atoms with Crippen molar-refractivity contribution in [3.8, 4) is 0 Å². The number of aryl methyl sites for hydroxylation is 2. The molecule has 22 heavy (non-hydrogen) atoms. The molecule has 6 nitrogen and oxygen atoms in total. The number of thiazole rings is 1. The first kappa shape index (κ1) is 13.6. The van der Waals surface area contributed by atoms with Gasteiger partial charge in [0, 0.05) is 17.3 Å². The summed E-state index contributed by atoms with van der Waals surface area (Å²) in [4.78, 5) is 26.7. The molecule has 0 radical (unpaired) electrons. The largest absolute Gasteiger partial charge is 0.325 e. The van der Waals surface area contributed by atoms with E-state index in [2.05, 4.69) is 25.6 Å². The fourth-order valence-electron chi connectivity index (χ4n) is 3.07. The second-order valence-corrected chi connectivity index (χ2v) is 6.91. The Bertz CT molecular complexity index is 674. The van der Waals surface area contributed by atoms with E-state index in [4.69, 9.17) is 0 Å². The Morgan fingerprint density at radius 3 is 2.68 bits per heavy atom. The molecule has 0 unspecified atom stereocenters. The topological polar surface area (TPSA) is 79.8 Å². The average Bonchev–Trinajstić information content (AvgIpc) is 3.05. The number of hydrogen-bond donors (Lipinski definition) is 2. The van der Waals surface area contributed by atoms with E-state index >= 15 is 0 Å². The number of carbonyl (C=O) groups is 1. The van der Waals surface area contributed by atoms with Crippen LogP contribution in [0.5, 0.6) is 0 Å². The molecule has 2 heterocycles. The zero-order chi connectivity index (χ0) is 15.0. The van der Waals surface area contributed by atoms with Crippen LogP contribution in [0.2, 0.25) is 0 Å². The van der Waals surface area contributed by atoms with Crippen LogP contribution in [0.25, 0.3) is 0 Å². The minimum Gasteiger partial charge on any atom is -0.325 e. The molecule has 0 spiro atoms. The van der Waals surface area contributed by atoms with E-state index in [-0.39, 0.29) is 6.03 Å². The minimum atomic E-state index is -0.425. The maximum Gasteiger partial charge on any atom is 0.321 e. The molecular formula is C15H17N5OS. The van der Waals surface area contributed by atoms with Gasteiger partial charge >= 0.3 is 6.03 Å². The number of amides is 2. The first-order chi connectivity index (χ1) is 10.8. The van der Waals surface area contributed by atoms with Gasteiger partial charge in [-0.3, -0.25) is 5.32 Å². The fraction of sp³-hybridized carbons (Fsp3) is 0.467. The maximum absolute atomic E-state index is 12.3. The molecule has 2 N–H and O–H groups in total. The number of nitrogens with one attached hydrogen (secondary N) is 2. The zero-order valence-electron chi connectivity index (χ0n) is 12.1. The lowest BCUT2D eigenvalue weighted by atomic mass is 9.76. The van der Waals surface area contributed by atoms with Gasteiger partial charge in [-0.05, 0) is 44.6 Å². The number of anilines is 1. The molecule has 0 aliphatic heterocycles. The maximum atomic E-state index is 12.3. The molecule has 2 aromatic heterocycles. The summed E-state index contributed by atoms with van der Waals surface area (Å²) in [7, 11) is 0. The van der Waals surface area contributed by atoms with Gasteiger partial charge < -0.3 is 5.32 Å². The summed E-state index contributed by atoms with van der Waals surface area (Å²) in [5.41, 5.74) is 0.718. The quantitative estimate of drug-likeness (QED) is 0.912. The Hall–Kier alpha value is -2.02. The highest BCUT2D eigenvalue weighted by Gasteiger charge is 2.42. The number of fused-ring (bicyclic) bond motifs is 1. The van der Waals surface area contributed by atoms with Crippen LogP contribution >= 0.6 is 11.3 Å². The van der Waals surface area contributed by atoms with Crippen molar-refractivity contribution in [3.63, 3.8) is 0 Å². The highest BCUT2D eigenvalue weighted by molar-refractivity contribution is 7.15. The van der Waals surface area contributed by atoms with Crippen molar-refractivity contribution in [3.05, 3.63) is 34.9 Å². The molecule has 114 valence electrons. The van der Waals surface area contributed by atoms with Gasteiger partial charge in [0.15, 0.2) is 11.0 Å². The van der Waals surface area contributed by atoms with Crippen LogP contribution in [0.3, 0.4) is 0 Å². The van der Waals surface area contributed by atoms with E-state index in [9.17, 15) is 4.79 Å². The Labute approximate surface area is 132 Å². The second kappa shape index (κ2) is 5.31. The van der Waals surface area contributed by atoms with Crippen LogP contribution in [0, 0.1) is 0 Å². The molecule has 2 aliphatic rings. The summed E-state index contributed by atoms with van der Waals surface area (Å²) in [6.07, 6.45) is 9.53. The summed E-state index contributed by atoms with van der Waals surface area (Å²) >= 11 is 1.58. The fourth-order valence-corrected chi connectivity index (χ4v) is 4.12. The molecule has 2 aliphatic carbocycles. The molecule has 2 amide bonds. The predicted molar refractivity (Wildman–Crippen MR) is 83.9 cm³/mol. The first-order valence-electron chi connectivity index (χ1n) is 7.60. The summed E-state index contributed by atoms with van der Waals surface area (Å²) in [5, 5.41) is 6.60. The third-order valence-electron chi connectivity index (χ3n) is 4.37. The number of urea groups is 1. The van der Waals surface area contributed by atoms with Crippen LogP contribution in [0.4, 0.5) is 9.93 Å². The normalized spacial score (nSPS) is 18.4. The number of aromatic nitrogens is 3. The smallest absolute Gasteiger partial charge is 0.321 e. The highest BCUT2D eigenvalue weighted by atomic mass is 32.1. The van der Waals surface area contributed by atoms with E-state index in [0.29, 0.717) is 11.0 Å². The molecule has 0 atom stereocenters. The van der Waals surface area contributed by atoms with Gasteiger partial charge in [0.1, 0.15) is 5.54 Å². The van der Waals surface area contributed by atoms with Crippen LogP contribution in [0.1, 0.15) is 42.1 Å². The van der Waals surface area contributed by atoms with Gasteiger partial charge in [0.25, 0.3) is 0 Å². The molecule has 7 heteroatoms. The average molecular weight is 315 g/mol. The van der Waals surface area contributed by atoms with Gasteiger partial charge in [0.05, 0.1) is 5.69 Å². The summed E-state index contributed by atoms with van der Waals surface area (Å²) < 4.78 is 0. The second-order valence-electron chi connectivity index (χ2n) is 5.83. The van der Waals surface area contributed by atoms with Crippen molar-refractivity contribution in [1.29, 1.82) is 0 Å². The lowest BCUT2D eigenvalue weighted by Crippen LogP contribution is -2.53. The number of rotatable bonds is 3. The monoisotopic (exact) mass is 315 g/mol. The Morgan fingerprint density at radius 1 is 1.18 bits per heavy atom. The standard InChI is InChI=1S/C15H17N5OS/c21-13(19-14-18-10-4-1-5-11(10)22-14)20-15(6-2-7-15)12-16-8-3-9-17-12/h3,8-9H,1-2,4-7H2,(H2,18,19,20,21).